The van der Waals surface area contributed by atoms with Crippen LogP contribution >= 0.6 is 11.3 Å². The van der Waals surface area contributed by atoms with Crippen molar-refractivity contribution in [2.45, 2.75) is 19.4 Å². The van der Waals surface area contributed by atoms with Gasteiger partial charge in [-0.25, -0.2) is 9.37 Å². The van der Waals surface area contributed by atoms with Crippen LogP contribution in [0, 0.1) is 5.82 Å². The fourth-order valence-electron chi connectivity index (χ4n) is 4.06. The number of furan rings is 1. The largest absolute Gasteiger partial charge is 0.492 e. The summed E-state index contributed by atoms with van der Waals surface area (Å²) < 4.78 is 21.5. The van der Waals surface area contributed by atoms with Gasteiger partial charge < -0.3 is 14.4 Å². The molecule has 0 bridgehead atoms. The Morgan fingerprint density at radius 1 is 1.22 bits per heavy atom. The topological polar surface area (TPSA) is 87.1 Å². The molecule has 0 saturated carbocycles. The van der Waals surface area contributed by atoms with Gasteiger partial charge in [-0.2, -0.15) is 4.52 Å². The third-order valence-electron chi connectivity index (χ3n) is 5.71. The third-order valence-corrected chi connectivity index (χ3v) is 6.78. The minimum atomic E-state index is -0.518. The first-order chi connectivity index (χ1) is 15.6. The number of piperazine rings is 1. The van der Waals surface area contributed by atoms with Gasteiger partial charge in [0.05, 0.1) is 17.2 Å². The van der Waals surface area contributed by atoms with Crippen LogP contribution in [-0.2, 0) is 6.42 Å². The predicted molar refractivity (Wildman–Crippen MR) is 116 cm³/mol. The lowest BCUT2D eigenvalue weighted by Gasteiger charge is -2.38. The second-order valence-corrected chi connectivity index (χ2v) is 8.60. The molecule has 1 N–H and O–H groups in total. The average molecular weight is 456 g/mol. The summed E-state index contributed by atoms with van der Waals surface area (Å²) in [6.45, 7) is 3.90. The van der Waals surface area contributed by atoms with Gasteiger partial charge in [0.2, 0.25) is 10.8 Å². The summed E-state index contributed by atoms with van der Waals surface area (Å²) in [6.07, 6.45) is 2.14. The molecule has 1 unspecified atom stereocenters. The van der Waals surface area contributed by atoms with Crippen LogP contribution in [0.3, 0.4) is 0 Å². The fourth-order valence-corrected chi connectivity index (χ4v) is 5.19. The van der Waals surface area contributed by atoms with Crippen LogP contribution < -0.4 is 0 Å². The number of aromatic hydroxyl groups is 1. The molecule has 32 heavy (non-hydrogen) atoms. The molecule has 8 nitrogen and oxygen atoms in total. The highest BCUT2D eigenvalue weighted by Crippen LogP contribution is 2.41. The van der Waals surface area contributed by atoms with Gasteiger partial charge >= 0.3 is 0 Å². The van der Waals surface area contributed by atoms with Gasteiger partial charge in [0, 0.05) is 38.2 Å². The van der Waals surface area contributed by atoms with Gasteiger partial charge in [-0.05, 0) is 18.2 Å². The average Bonchev–Trinajstić information content (AvgIpc) is 3.54. The number of aromatic nitrogens is 3. The molecule has 1 saturated heterocycles. The molecule has 4 heterocycles. The first-order valence-corrected chi connectivity index (χ1v) is 11.3. The Hall–Kier alpha value is -3.24. The summed E-state index contributed by atoms with van der Waals surface area (Å²) >= 11 is 1.31. The van der Waals surface area contributed by atoms with Gasteiger partial charge in [0.1, 0.15) is 5.82 Å². The minimum Gasteiger partial charge on any atom is -0.492 e. The molecule has 5 rings (SSSR count). The van der Waals surface area contributed by atoms with Crippen LogP contribution in [0.1, 0.15) is 39.8 Å². The van der Waals surface area contributed by atoms with Crippen LogP contribution in [0.4, 0.5) is 4.39 Å². The standard InChI is InChI=1S/C22H22FN5O3S/c1-2-17-24-22-28(25-17)21(30)19(32-22)18(14-6-3-4-7-15(14)23)26-9-11-27(12-10-26)20(29)16-8-5-13-31-16/h3-8,13,18,30H,2,9-12H2,1H3. The van der Waals surface area contributed by atoms with E-state index in [9.17, 15) is 14.3 Å². The summed E-state index contributed by atoms with van der Waals surface area (Å²) in [6, 6.07) is 9.39. The molecular formula is C22H22FN5O3S. The maximum atomic E-state index is 14.9. The van der Waals surface area contributed by atoms with Crippen molar-refractivity contribution >= 4 is 22.2 Å². The van der Waals surface area contributed by atoms with E-state index in [4.69, 9.17) is 4.42 Å². The first kappa shape index (κ1) is 20.7. The smallest absolute Gasteiger partial charge is 0.289 e. The van der Waals surface area contributed by atoms with Crippen molar-refractivity contribution in [3.63, 3.8) is 0 Å². The Morgan fingerprint density at radius 2 is 2.00 bits per heavy atom. The number of rotatable bonds is 5. The lowest BCUT2D eigenvalue weighted by molar-refractivity contribution is 0.0565. The molecule has 0 radical (unpaired) electrons. The van der Waals surface area contributed by atoms with Crippen molar-refractivity contribution in [3.05, 3.63) is 70.5 Å². The number of amides is 1. The third kappa shape index (κ3) is 3.55. The summed E-state index contributed by atoms with van der Waals surface area (Å²) in [5.41, 5.74) is 0.467. The van der Waals surface area contributed by atoms with E-state index in [1.807, 2.05) is 6.92 Å². The number of thiazole rings is 1. The maximum absolute atomic E-state index is 14.9. The van der Waals surface area contributed by atoms with Crippen LogP contribution in [0.25, 0.3) is 4.96 Å². The van der Waals surface area contributed by atoms with E-state index in [0.29, 0.717) is 59.6 Å². The van der Waals surface area contributed by atoms with Crippen LogP contribution in [0.15, 0.2) is 47.1 Å². The zero-order valence-electron chi connectivity index (χ0n) is 17.4. The van der Waals surface area contributed by atoms with Crippen molar-refractivity contribution in [2.75, 3.05) is 26.2 Å². The van der Waals surface area contributed by atoms with E-state index < -0.39 is 6.04 Å². The van der Waals surface area contributed by atoms with Gasteiger partial charge in [-0.3, -0.25) is 9.69 Å². The molecule has 4 aromatic rings. The van der Waals surface area contributed by atoms with Gasteiger partial charge in [0.25, 0.3) is 5.91 Å². The number of nitrogens with zero attached hydrogens (tertiary/aromatic N) is 5. The van der Waals surface area contributed by atoms with E-state index in [2.05, 4.69) is 15.0 Å². The van der Waals surface area contributed by atoms with Crippen molar-refractivity contribution in [1.82, 2.24) is 24.4 Å². The molecule has 1 fully saturated rings. The Balaban J connectivity index is 1.47. The molecule has 3 aromatic heterocycles. The van der Waals surface area contributed by atoms with E-state index in [-0.39, 0.29) is 17.6 Å². The van der Waals surface area contributed by atoms with E-state index in [1.165, 1.54) is 28.2 Å². The second kappa shape index (κ2) is 8.36. The van der Waals surface area contributed by atoms with E-state index in [0.717, 1.165) is 0 Å². The molecule has 1 aliphatic heterocycles. The van der Waals surface area contributed by atoms with Gasteiger partial charge in [-0.1, -0.05) is 36.5 Å². The Morgan fingerprint density at radius 3 is 2.66 bits per heavy atom. The highest BCUT2D eigenvalue weighted by atomic mass is 32.1. The predicted octanol–water partition coefficient (Wildman–Crippen LogP) is 3.34. The SMILES string of the molecule is CCc1nc2sc(C(c3ccccc3F)N3CCN(C(=O)c4ccco4)CC3)c(O)n2n1. The number of benzene rings is 1. The number of hydrogen-bond acceptors (Lipinski definition) is 7. The summed E-state index contributed by atoms with van der Waals surface area (Å²) in [5, 5.41) is 15.3. The van der Waals surface area contributed by atoms with Crippen LogP contribution in [0.2, 0.25) is 0 Å². The second-order valence-electron chi connectivity index (χ2n) is 7.60. The zero-order chi connectivity index (χ0) is 22.2. The number of fused-ring (bicyclic) bond motifs is 1. The Kier molecular flexibility index (Phi) is 5.40. The number of aryl methyl sites for hydroxylation is 1. The number of halogens is 1. The van der Waals surface area contributed by atoms with Crippen LogP contribution in [0.5, 0.6) is 5.88 Å². The Bertz CT molecular complexity index is 1240. The quantitative estimate of drug-likeness (QED) is 0.497. The Labute approximate surface area is 187 Å². The van der Waals surface area contributed by atoms with Crippen molar-refractivity contribution < 1.29 is 18.7 Å². The van der Waals surface area contributed by atoms with E-state index >= 15 is 0 Å². The van der Waals surface area contributed by atoms with Crippen molar-refractivity contribution in [1.29, 1.82) is 0 Å². The lowest BCUT2D eigenvalue weighted by atomic mass is 10.0. The van der Waals surface area contributed by atoms with Crippen molar-refractivity contribution in [3.8, 4) is 5.88 Å². The van der Waals surface area contributed by atoms with Gasteiger partial charge in [0.15, 0.2) is 11.6 Å². The first-order valence-electron chi connectivity index (χ1n) is 10.5. The van der Waals surface area contributed by atoms with E-state index in [1.54, 1.807) is 35.2 Å². The molecular weight excluding hydrogens is 433 g/mol. The molecule has 10 heteroatoms. The van der Waals surface area contributed by atoms with Crippen LogP contribution in [-0.4, -0.2) is 61.6 Å². The fraction of sp³-hybridized carbons (Fsp3) is 0.318. The zero-order valence-corrected chi connectivity index (χ0v) is 18.3. The maximum Gasteiger partial charge on any atom is 0.289 e. The molecule has 166 valence electrons. The minimum absolute atomic E-state index is 0.0282. The van der Waals surface area contributed by atoms with Crippen molar-refractivity contribution in [2.24, 2.45) is 0 Å². The molecule has 1 aromatic carbocycles. The molecule has 0 spiro atoms. The molecule has 1 atom stereocenters. The lowest BCUT2D eigenvalue weighted by Crippen LogP contribution is -2.49. The molecule has 1 amide bonds. The summed E-state index contributed by atoms with van der Waals surface area (Å²) in [5.74, 6) is 0.411. The highest BCUT2D eigenvalue weighted by Gasteiger charge is 2.34. The molecule has 1 aliphatic rings. The normalized spacial score (nSPS) is 16.0. The number of hydrogen-bond donors (Lipinski definition) is 1. The number of carbonyl (C=O) groups excluding carboxylic acids is 1. The highest BCUT2D eigenvalue weighted by molar-refractivity contribution is 7.17. The summed E-state index contributed by atoms with van der Waals surface area (Å²) in [7, 11) is 0. The van der Waals surface area contributed by atoms with Gasteiger partial charge in [-0.15, -0.1) is 5.10 Å². The number of carbonyl (C=O) groups is 1. The summed E-state index contributed by atoms with van der Waals surface area (Å²) in [4.78, 5) is 22.0. The molecule has 0 aliphatic carbocycles. The monoisotopic (exact) mass is 455 g/mol.